The Labute approximate surface area is 111 Å². The lowest BCUT2D eigenvalue weighted by Gasteiger charge is -2.22. The van der Waals surface area contributed by atoms with Crippen LogP contribution in [0.3, 0.4) is 0 Å². The predicted molar refractivity (Wildman–Crippen MR) is 78.6 cm³/mol. The van der Waals surface area contributed by atoms with Gasteiger partial charge in [0.1, 0.15) is 0 Å². The fourth-order valence-corrected chi connectivity index (χ4v) is 1.77. The molecule has 94 valence electrons. The molecule has 0 amide bonds. The van der Waals surface area contributed by atoms with E-state index in [-0.39, 0.29) is 12.4 Å². The van der Waals surface area contributed by atoms with Gasteiger partial charge in [0, 0.05) is 19.6 Å². The van der Waals surface area contributed by atoms with Gasteiger partial charge in [0.05, 0.1) is 0 Å². The molecular formula is C15H22ClN. The van der Waals surface area contributed by atoms with Crippen molar-refractivity contribution in [3.8, 4) is 0 Å². The average molecular weight is 252 g/mol. The summed E-state index contributed by atoms with van der Waals surface area (Å²) >= 11 is 0. The lowest BCUT2D eigenvalue weighted by molar-refractivity contribution is 0.313. The van der Waals surface area contributed by atoms with E-state index in [1.807, 2.05) is 6.07 Å². The maximum absolute atomic E-state index is 3.97. The van der Waals surface area contributed by atoms with Gasteiger partial charge >= 0.3 is 0 Å². The van der Waals surface area contributed by atoms with Crippen LogP contribution < -0.4 is 0 Å². The Morgan fingerprint density at radius 1 is 1.00 bits per heavy atom. The highest BCUT2D eigenvalue weighted by atomic mass is 35.5. The molecule has 0 saturated heterocycles. The fraction of sp³-hybridized carbons (Fsp3) is 0.333. The molecule has 0 aromatic heterocycles. The monoisotopic (exact) mass is 251 g/mol. The molecular weight excluding hydrogens is 230 g/mol. The predicted octanol–water partition coefficient (Wildman–Crippen LogP) is 4.06. The summed E-state index contributed by atoms with van der Waals surface area (Å²) in [6.07, 6.45) is 0. The first-order chi connectivity index (χ1) is 7.58. The molecule has 17 heavy (non-hydrogen) atoms. The molecule has 2 heteroatoms. The summed E-state index contributed by atoms with van der Waals surface area (Å²) < 4.78 is 0. The van der Waals surface area contributed by atoms with Crippen LogP contribution in [0.1, 0.15) is 19.4 Å². The van der Waals surface area contributed by atoms with Gasteiger partial charge in [-0.25, -0.2) is 0 Å². The first-order valence-electron chi connectivity index (χ1n) is 5.63. The van der Waals surface area contributed by atoms with Crippen LogP contribution in [0.15, 0.2) is 54.6 Å². The number of rotatable bonds is 6. The van der Waals surface area contributed by atoms with Crippen molar-refractivity contribution in [2.45, 2.75) is 20.4 Å². The Bertz CT molecular complexity index is 340. The van der Waals surface area contributed by atoms with E-state index in [1.54, 1.807) is 0 Å². The first kappa shape index (κ1) is 16.0. The molecule has 0 spiro atoms. The summed E-state index contributed by atoms with van der Waals surface area (Å²) in [7, 11) is 0. The van der Waals surface area contributed by atoms with Crippen LogP contribution in [0.2, 0.25) is 0 Å². The van der Waals surface area contributed by atoms with Crippen molar-refractivity contribution in [3.05, 3.63) is 60.2 Å². The third-order valence-corrected chi connectivity index (χ3v) is 2.24. The Hall–Kier alpha value is -1.05. The van der Waals surface area contributed by atoms with Gasteiger partial charge in [-0.3, -0.25) is 4.90 Å². The molecule has 0 saturated carbocycles. The Morgan fingerprint density at radius 3 is 1.88 bits per heavy atom. The zero-order valence-corrected chi connectivity index (χ0v) is 11.6. The zero-order valence-electron chi connectivity index (χ0n) is 10.8. The number of benzene rings is 1. The normalized spacial score (nSPS) is 9.82. The van der Waals surface area contributed by atoms with E-state index in [0.29, 0.717) is 0 Å². The lowest BCUT2D eigenvalue weighted by Crippen LogP contribution is -2.26. The van der Waals surface area contributed by atoms with E-state index in [4.69, 9.17) is 0 Å². The lowest BCUT2D eigenvalue weighted by atomic mass is 10.2. The second kappa shape index (κ2) is 8.10. The Kier molecular flexibility index (Phi) is 7.60. The summed E-state index contributed by atoms with van der Waals surface area (Å²) in [6, 6.07) is 10.5. The van der Waals surface area contributed by atoms with E-state index in [2.05, 4.69) is 56.2 Å². The summed E-state index contributed by atoms with van der Waals surface area (Å²) in [5.41, 5.74) is 3.72. The summed E-state index contributed by atoms with van der Waals surface area (Å²) in [6.45, 7) is 14.9. The molecule has 0 aliphatic carbocycles. The molecule has 0 N–H and O–H groups in total. The molecule has 0 unspecified atom stereocenters. The third-order valence-electron chi connectivity index (χ3n) is 2.24. The van der Waals surface area contributed by atoms with Crippen molar-refractivity contribution in [2.75, 3.05) is 13.1 Å². The quantitative estimate of drug-likeness (QED) is 0.689. The Morgan fingerprint density at radius 2 is 1.47 bits per heavy atom. The number of hydrogen-bond acceptors (Lipinski definition) is 1. The molecule has 0 aliphatic heterocycles. The molecule has 1 aromatic carbocycles. The second-order valence-corrected chi connectivity index (χ2v) is 4.54. The maximum atomic E-state index is 3.97. The molecule has 0 aliphatic rings. The van der Waals surface area contributed by atoms with Gasteiger partial charge in [-0.15, -0.1) is 12.4 Å². The highest BCUT2D eigenvalue weighted by Gasteiger charge is 2.05. The van der Waals surface area contributed by atoms with Crippen molar-refractivity contribution >= 4 is 12.4 Å². The SMILES string of the molecule is C=C(C)CN(CC(=C)C)Cc1ccccc1.Cl. The highest BCUT2D eigenvalue weighted by molar-refractivity contribution is 5.85. The molecule has 0 fully saturated rings. The molecule has 1 nitrogen and oxygen atoms in total. The molecule has 1 rings (SSSR count). The van der Waals surface area contributed by atoms with E-state index in [1.165, 1.54) is 16.7 Å². The van der Waals surface area contributed by atoms with Gasteiger partial charge in [0.2, 0.25) is 0 Å². The van der Waals surface area contributed by atoms with E-state index in [0.717, 1.165) is 19.6 Å². The minimum absolute atomic E-state index is 0. The van der Waals surface area contributed by atoms with E-state index in [9.17, 15) is 0 Å². The van der Waals surface area contributed by atoms with Crippen molar-refractivity contribution in [1.82, 2.24) is 4.90 Å². The van der Waals surface area contributed by atoms with E-state index < -0.39 is 0 Å². The van der Waals surface area contributed by atoms with Crippen LogP contribution in [0.25, 0.3) is 0 Å². The number of nitrogens with zero attached hydrogens (tertiary/aromatic N) is 1. The zero-order chi connectivity index (χ0) is 12.0. The molecule has 1 aromatic rings. The van der Waals surface area contributed by atoms with Gasteiger partial charge in [0.15, 0.2) is 0 Å². The standard InChI is InChI=1S/C15H21N.ClH/c1-13(2)10-16(11-14(3)4)12-15-8-6-5-7-9-15;/h5-9H,1,3,10-12H2,2,4H3;1H. The van der Waals surface area contributed by atoms with E-state index >= 15 is 0 Å². The highest BCUT2D eigenvalue weighted by Crippen LogP contribution is 2.08. The fourth-order valence-electron chi connectivity index (χ4n) is 1.77. The summed E-state index contributed by atoms with van der Waals surface area (Å²) in [4.78, 5) is 2.36. The van der Waals surface area contributed by atoms with Gasteiger partial charge < -0.3 is 0 Å². The minimum atomic E-state index is 0. The molecule has 0 radical (unpaired) electrons. The van der Waals surface area contributed by atoms with Crippen LogP contribution in [0.4, 0.5) is 0 Å². The summed E-state index contributed by atoms with van der Waals surface area (Å²) in [5, 5.41) is 0. The molecule has 0 heterocycles. The first-order valence-corrected chi connectivity index (χ1v) is 5.63. The van der Waals surface area contributed by atoms with Crippen LogP contribution >= 0.6 is 12.4 Å². The van der Waals surface area contributed by atoms with Crippen LogP contribution in [0.5, 0.6) is 0 Å². The van der Waals surface area contributed by atoms with Crippen LogP contribution in [-0.4, -0.2) is 18.0 Å². The molecule has 0 bridgehead atoms. The van der Waals surface area contributed by atoms with Crippen LogP contribution in [-0.2, 0) is 6.54 Å². The van der Waals surface area contributed by atoms with Crippen molar-refractivity contribution in [2.24, 2.45) is 0 Å². The van der Waals surface area contributed by atoms with Crippen LogP contribution in [0, 0.1) is 0 Å². The Balaban J connectivity index is 0.00000256. The third kappa shape index (κ3) is 6.98. The van der Waals surface area contributed by atoms with Gasteiger partial charge in [0.25, 0.3) is 0 Å². The minimum Gasteiger partial charge on any atom is -0.291 e. The largest absolute Gasteiger partial charge is 0.291 e. The van der Waals surface area contributed by atoms with Crippen molar-refractivity contribution < 1.29 is 0 Å². The van der Waals surface area contributed by atoms with Crippen molar-refractivity contribution in [1.29, 1.82) is 0 Å². The van der Waals surface area contributed by atoms with Crippen molar-refractivity contribution in [3.63, 3.8) is 0 Å². The smallest absolute Gasteiger partial charge is 0.0240 e. The molecule has 0 atom stereocenters. The summed E-state index contributed by atoms with van der Waals surface area (Å²) in [5.74, 6) is 0. The average Bonchev–Trinajstić information content (AvgIpc) is 2.16. The second-order valence-electron chi connectivity index (χ2n) is 4.54. The van der Waals surface area contributed by atoms with Gasteiger partial charge in [-0.1, -0.05) is 54.6 Å². The maximum Gasteiger partial charge on any atom is 0.0240 e. The number of halogens is 1. The van der Waals surface area contributed by atoms with Gasteiger partial charge in [-0.05, 0) is 19.4 Å². The van der Waals surface area contributed by atoms with Gasteiger partial charge in [-0.2, -0.15) is 0 Å². The number of hydrogen-bond donors (Lipinski definition) is 0. The topological polar surface area (TPSA) is 3.24 Å².